The van der Waals surface area contributed by atoms with Crippen LogP contribution in [0.3, 0.4) is 0 Å². The van der Waals surface area contributed by atoms with E-state index in [1.54, 1.807) is 0 Å². The van der Waals surface area contributed by atoms with Crippen LogP contribution in [0.25, 0.3) is 0 Å². The van der Waals surface area contributed by atoms with Gasteiger partial charge in [-0.1, -0.05) is 28.1 Å². The van der Waals surface area contributed by atoms with Gasteiger partial charge in [-0.05, 0) is 45.4 Å². The van der Waals surface area contributed by atoms with E-state index in [4.69, 9.17) is 4.74 Å². The van der Waals surface area contributed by atoms with Gasteiger partial charge >= 0.3 is 0 Å². The maximum absolute atomic E-state index is 11.7. The highest BCUT2D eigenvalue weighted by atomic mass is 79.9. The van der Waals surface area contributed by atoms with Crippen LogP contribution in [-0.2, 0) is 9.53 Å². The van der Waals surface area contributed by atoms with Gasteiger partial charge in [-0.2, -0.15) is 0 Å². The molecular formula is C14H20BrNO2. The van der Waals surface area contributed by atoms with E-state index in [9.17, 15) is 4.79 Å². The Kier molecular flexibility index (Phi) is 5.35. The number of carbonyl (C=O) groups excluding carboxylic acids is 1. The molecule has 1 aromatic rings. The molecule has 0 aliphatic carbocycles. The van der Waals surface area contributed by atoms with Crippen LogP contribution in [0.5, 0.6) is 0 Å². The summed E-state index contributed by atoms with van der Waals surface area (Å²) >= 11 is 3.38. The number of amides is 1. The number of hydrogen-bond acceptors (Lipinski definition) is 2. The second kappa shape index (κ2) is 6.34. The molecule has 0 spiro atoms. The van der Waals surface area contributed by atoms with E-state index in [2.05, 4.69) is 21.2 Å². The predicted molar refractivity (Wildman–Crippen MR) is 76.4 cm³/mol. The third-order valence-corrected chi connectivity index (χ3v) is 2.91. The molecule has 100 valence electrons. The van der Waals surface area contributed by atoms with Crippen LogP contribution in [0.4, 0.5) is 0 Å². The van der Waals surface area contributed by atoms with Crippen molar-refractivity contribution in [2.24, 2.45) is 0 Å². The summed E-state index contributed by atoms with van der Waals surface area (Å²) < 4.78 is 6.46. The smallest absolute Gasteiger partial charge is 0.246 e. The first kappa shape index (κ1) is 15.2. The molecule has 0 unspecified atom stereocenters. The molecule has 0 radical (unpaired) electrons. The lowest BCUT2D eigenvalue weighted by atomic mass is 10.1. The van der Waals surface area contributed by atoms with Crippen LogP contribution < -0.4 is 5.32 Å². The van der Waals surface area contributed by atoms with Gasteiger partial charge in [0.25, 0.3) is 0 Å². The van der Waals surface area contributed by atoms with Crippen molar-refractivity contribution in [2.75, 3.05) is 6.61 Å². The average Bonchev–Trinajstić information content (AvgIpc) is 2.26. The van der Waals surface area contributed by atoms with Crippen molar-refractivity contribution < 1.29 is 9.53 Å². The standard InChI is InChI=1S/C14H20BrNO2/c1-10(11-5-7-12(15)8-6-11)16-13(17)9-18-14(2,3)4/h5-8,10H,9H2,1-4H3,(H,16,17)/t10-/m0/s1. The van der Waals surface area contributed by atoms with Crippen LogP contribution in [-0.4, -0.2) is 18.1 Å². The third-order valence-electron chi connectivity index (χ3n) is 2.38. The molecule has 1 N–H and O–H groups in total. The molecule has 0 saturated heterocycles. The monoisotopic (exact) mass is 313 g/mol. The molecule has 0 aliphatic rings. The van der Waals surface area contributed by atoms with Gasteiger partial charge in [-0.25, -0.2) is 0 Å². The number of hydrogen-bond donors (Lipinski definition) is 1. The van der Waals surface area contributed by atoms with E-state index in [1.165, 1.54) is 0 Å². The molecule has 1 aromatic carbocycles. The van der Waals surface area contributed by atoms with Crippen molar-refractivity contribution in [3.8, 4) is 0 Å². The molecule has 1 atom stereocenters. The summed E-state index contributed by atoms with van der Waals surface area (Å²) in [5.41, 5.74) is 0.778. The van der Waals surface area contributed by atoms with Crippen molar-refractivity contribution in [1.29, 1.82) is 0 Å². The summed E-state index contributed by atoms with van der Waals surface area (Å²) in [6.07, 6.45) is 0. The Bertz CT molecular complexity index is 395. The summed E-state index contributed by atoms with van der Waals surface area (Å²) in [5.74, 6) is -0.0969. The minimum absolute atomic E-state index is 0.0193. The lowest BCUT2D eigenvalue weighted by Gasteiger charge is -2.20. The molecule has 4 heteroatoms. The summed E-state index contributed by atoms with van der Waals surface area (Å²) in [5, 5.41) is 2.91. The van der Waals surface area contributed by atoms with E-state index in [1.807, 2.05) is 52.0 Å². The summed E-state index contributed by atoms with van der Waals surface area (Å²) in [7, 11) is 0. The average molecular weight is 314 g/mol. The number of carbonyl (C=O) groups is 1. The summed E-state index contributed by atoms with van der Waals surface area (Å²) in [4.78, 5) is 11.7. The van der Waals surface area contributed by atoms with E-state index in [0.29, 0.717) is 0 Å². The molecule has 0 aliphatic heterocycles. The number of benzene rings is 1. The second-order valence-corrected chi connectivity index (χ2v) is 6.16. The van der Waals surface area contributed by atoms with Crippen molar-refractivity contribution in [2.45, 2.75) is 39.3 Å². The minimum Gasteiger partial charge on any atom is -0.366 e. The zero-order chi connectivity index (χ0) is 13.8. The van der Waals surface area contributed by atoms with Crippen LogP contribution in [0.1, 0.15) is 39.3 Å². The second-order valence-electron chi connectivity index (χ2n) is 5.24. The largest absolute Gasteiger partial charge is 0.366 e. The lowest BCUT2D eigenvalue weighted by Crippen LogP contribution is -2.33. The molecule has 18 heavy (non-hydrogen) atoms. The Labute approximate surface area is 117 Å². The number of rotatable bonds is 4. The molecular weight excluding hydrogens is 294 g/mol. The molecule has 0 heterocycles. The Balaban J connectivity index is 2.47. The molecule has 1 amide bonds. The maximum atomic E-state index is 11.7. The van der Waals surface area contributed by atoms with E-state index < -0.39 is 0 Å². The SMILES string of the molecule is C[C@H](NC(=O)COC(C)(C)C)c1ccc(Br)cc1. The highest BCUT2D eigenvalue weighted by Crippen LogP contribution is 2.16. The van der Waals surface area contributed by atoms with Gasteiger partial charge in [0.05, 0.1) is 11.6 Å². The molecule has 0 saturated carbocycles. The Morgan fingerprint density at radius 1 is 1.33 bits per heavy atom. The van der Waals surface area contributed by atoms with Gasteiger partial charge < -0.3 is 10.1 Å². The summed E-state index contributed by atoms with van der Waals surface area (Å²) in [6, 6.07) is 7.88. The zero-order valence-corrected chi connectivity index (χ0v) is 12.9. The van der Waals surface area contributed by atoms with E-state index in [0.717, 1.165) is 10.0 Å². The zero-order valence-electron chi connectivity index (χ0n) is 11.3. The lowest BCUT2D eigenvalue weighted by molar-refractivity contribution is -0.131. The first-order valence-electron chi connectivity index (χ1n) is 5.97. The van der Waals surface area contributed by atoms with Crippen molar-refractivity contribution in [3.63, 3.8) is 0 Å². The first-order chi connectivity index (χ1) is 8.28. The van der Waals surface area contributed by atoms with Crippen LogP contribution in [0.2, 0.25) is 0 Å². The van der Waals surface area contributed by atoms with Crippen molar-refractivity contribution in [1.82, 2.24) is 5.32 Å². The van der Waals surface area contributed by atoms with Gasteiger partial charge in [0.1, 0.15) is 6.61 Å². The minimum atomic E-state index is -0.293. The van der Waals surface area contributed by atoms with Crippen molar-refractivity contribution in [3.05, 3.63) is 34.3 Å². The van der Waals surface area contributed by atoms with E-state index in [-0.39, 0.29) is 24.2 Å². The Morgan fingerprint density at radius 2 is 1.89 bits per heavy atom. The van der Waals surface area contributed by atoms with Crippen LogP contribution in [0.15, 0.2) is 28.7 Å². The normalized spacial score (nSPS) is 13.2. The van der Waals surface area contributed by atoms with Crippen LogP contribution in [0, 0.1) is 0 Å². The Hall–Kier alpha value is -0.870. The number of nitrogens with one attached hydrogen (secondary N) is 1. The van der Waals surface area contributed by atoms with Gasteiger partial charge in [0.15, 0.2) is 0 Å². The highest BCUT2D eigenvalue weighted by Gasteiger charge is 2.14. The Morgan fingerprint density at radius 3 is 2.39 bits per heavy atom. The van der Waals surface area contributed by atoms with Gasteiger partial charge in [-0.15, -0.1) is 0 Å². The number of halogens is 1. The fourth-order valence-corrected chi connectivity index (χ4v) is 1.66. The fourth-order valence-electron chi connectivity index (χ4n) is 1.40. The van der Waals surface area contributed by atoms with Gasteiger partial charge in [0, 0.05) is 4.47 Å². The molecule has 0 bridgehead atoms. The number of ether oxygens (including phenoxy) is 1. The molecule has 0 aromatic heterocycles. The molecule has 1 rings (SSSR count). The first-order valence-corrected chi connectivity index (χ1v) is 6.76. The van der Waals surface area contributed by atoms with Gasteiger partial charge in [-0.3, -0.25) is 4.79 Å². The predicted octanol–water partition coefficient (Wildman–Crippen LogP) is 3.44. The van der Waals surface area contributed by atoms with Crippen molar-refractivity contribution >= 4 is 21.8 Å². The maximum Gasteiger partial charge on any atom is 0.246 e. The van der Waals surface area contributed by atoms with Crippen LogP contribution >= 0.6 is 15.9 Å². The quantitative estimate of drug-likeness (QED) is 0.924. The topological polar surface area (TPSA) is 38.3 Å². The van der Waals surface area contributed by atoms with E-state index >= 15 is 0 Å². The molecule has 3 nitrogen and oxygen atoms in total. The fraction of sp³-hybridized carbons (Fsp3) is 0.500. The molecule has 0 fully saturated rings. The summed E-state index contributed by atoms with van der Waals surface area (Å²) in [6.45, 7) is 7.83. The van der Waals surface area contributed by atoms with Gasteiger partial charge in [0.2, 0.25) is 5.91 Å². The highest BCUT2D eigenvalue weighted by molar-refractivity contribution is 9.10. The third kappa shape index (κ3) is 5.65.